The Morgan fingerprint density at radius 2 is 1.73 bits per heavy atom. The number of carbonyl (C=O) groups excluding carboxylic acids is 3. The molecule has 0 N–H and O–H groups in total. The lowest BCUT2D eigenvalue weighted by atomic mass is 10.0. The first-order valence-corrected chi connectivity index (χ1v) is 12.4. The van der Waals surface area contributed by atoms with Gasteiger partial charge in [0.05, 0.1) is 24.2 Å². The third-order valence-corrected chi connectivity index (χ3v) is 7.79. The second kappa shape index (κ2) is 9.36. The number of nitrogens with zero attached hydrogens (tertiary/aromatic N) is 3. The summed E-state index contributed by atoms with van der Waals surface area (Å²) < 4.78 is 15.6. The number of thiophene rings is 1. The quantitative estimate of drug-likeness (QED) is 0.377. The molecule has 1 aliphatic heterocycles. The van der Waals surface area contributed by atoms with Gasteiger partial charge < -0.3 is 4.90 Å². The van der Waals surface area contributed by atoms with Crippen molar-refractivity contribution in [2.45, 2.75) is 33.4 Å². The fourth-order valence-corrected chi connectivity index (χ4v) is 5.92. The van der Waals surface area contributed by atoms with Gasteiger partial charge in [-0.1, -0.05) is 12.1 Å². The Balaban J connectivity index is 1.76. The average Bonchev–Trinajstić information content (AvgIpc) is 3.26. The van der Waals surface area contributed by atoms with Gasteiger partial charge in [0, 0.05) is 29.5 Å². The number of carbonyl (C=O) groups is 3. The molecule has 0 radical (unpaired) electrons. The Morgan fingerprint density at radius 3 is 2.41 bits per heavy atom. The molecule has 4 aromatic rings. The Labute approximate surface area is 214 Å². The van der Waals surface area contributed by atoms with Crippen molar-refractivity contribution >= 4 is 39.0 Å². The first kappa shape index (κ1) is 24.5. The second-order valence-electron chi connectivity index (χ2n) is 8.92. The first-order valence-electron chi connectivity index (χ1n) is 11.6. The molecule has 0 aliphatic carbocycles. The van der Waals surface area contributed by atoms with Crippen molar-refractivity contribution in [1.82, 2.24) is 14.0 Å². The van der Waals surface area contributed by atoms with Crippen LogP contribution in [0.4, 0.5) is 4.39 Å². The van der Waals surface area contributed by atoms with E-state index in [0.717, 1.165) is 15.0 Å². The number of hydrogen-bond donors (Lipinski definition) is 0. The standard InChI is InChI=1S/C27H22FN3O5S/c1-15(32)18-4-3-5-20(12-18)31-25(35)24-21-10-11-29(16(2)33)14-23(21)37-26(24)30(27(31)36)13-22(34)17-6-8-19(28)9-7-17/h3-9,12H,10-11,13-14H2,1-2H3. The Morgan fingerprint density at radius 1 is 1.00 bits per heavy atom. The van der Waals surface area contributed by atoms with E-state index in [1.807, 2.05) is 0 Å². The predicted octanol–water partition coefficient (Wildman–Crippen LogP) is 3.34. The highest BCUT2D eigenvalue weighted by Gasteiger charge is 2.28. The Hall–Kier alpha value is -4.18. The normalized spacial score (nSPS) is 13.0. The summed E-state index contributed by atoms with van der Waals surface area (Å²) in [6.45, 7) is 3.24. The fourth-order valence-electron chi connectivity index (χ4n) is 4.58. The molecule has 10 heteroatoms. The smallest absolute Gasteiger partial charge is 0.337 e. The molecule has 1 amide bonds. The largest absolute Gasteiger partial charge is 0.337 e. The second-order valence-corrected chi connectivity index (χ2v) is 10.0. The highest BCUT2D eigenvalue weighted by molar-refractivity contribution is 7.18. The van der Waals surface area contributed by atoms with Crippen molar-refractivity contribution in [2.75, 3.05) is 6.54 Å². The van der Waals surface area contributed by atoms with Crippen LogP contribution in [0.1, 0.15) is 45.0 Å². The Kier molecular flexibility index (Phi) is 6.20. The monoisotopic (exact) mass is 519 g/mol. The molecule has 188 valence electrons. The molecule has 0 spiro atoms. The van der Waals surface area contributed by atoms with Crippen LogP contribution in [-0.2, 0) is 24.3 Å². The number of ketones is 2. The summed E-state index contributed by atoms with van der Waals surface area (Å²) in [5.74, 6) is -1.23. The lowest BCUT2D eigenvalue weighted by molar-refractivity contribution is -0.129. The molecule has 0 saturated carbocycles. The summed E-state index contributed by atoms with van der Waals surface area (Å²) >= 11 is 1.22. The van der Waals surface area contributed by atoms with Crippen LogP contribution in [0.5, 0.6) is 0 Å². The van der Waals surface area contributed by atoms with Gasteiger partial charge in [-0.3, -0.25) is 23.7 Å². The van der Waals surface area contributed by atoms with Gasteiger partial charge in [-0.25, -0.2) is 13.8 Å². The molecule has 2 aromatic carbocycles. The maximum Gasteiger partial charge on any atom is 0.337 e. The number of halogens is 1. The van der Waals surface area contributed by atoms with Crippen LogP contribution < -0.4 is 11.2 Å². The minimum absolute atomic E-state index is 0.0922. The molecule has 3 heterocycles. The zero-order valence-corrected chi connectivity index (χ0v) is 20.9. The summed E-state index contributed by atoms with van der Waals surface area (Å²) in [5.41, 5.74) is 0.260. The van der Waals surface area contributed by atoms with Gasteiger partial charge in [0.25, 0.3) is 5.56 Å². The van der Waals surface area contributed by atoms with Crippen LogP contribution in [0.25, 0.3) is 15.9 Å². The summed E-state index contributed by atoms with van der Waals surface area (Å²) in [6.07, 6.45) is 0.432. The van der Waals surface area contributed by atoms with Crippen molar-refractivity contribution in [2.24, 2.45) is 0 Å². The van der Waals surface area contributed by atoms with E-state index in [-0.39, 0.29) is 29.5 Å². The van der Waals surface area contributed by atoms with Crippen molar-refractivity contribution in [3.63, 3.8) is 0 Å². The number of aromatic nitrogens is 2. The fraction of sp³-hybridized carbons (Fsp3) is 0.222. The third kappa shape index (κ3) is 4.33. The highest BCUT2D eigenvalue weighted by atomic mass is 32.1. The van der Waals surface area contributed by atoms with E-state index in [0.29, 0.717) is 35.3 Å². The molecule has 1 aliphatic rings. The van der Waals surface area contributed by atoms with E-state index in [4.69, 9.17) is 0 Å². The van der Waals surface area contributed by atoms with Gasteiger partial charge in [0.15, 0.2) is 11.6 Å². The van der Waals surface area contributed by atoms with Crippen molar-refractivity contribution < 1.29 is 18.8 Å². The summed E-state index contributed by atoms with van der Waals surface area (Å²) in [6, 6.07) is 11.2. The lowest BCUT2D eigenvalue weighted by Crippen LogP contribution is -2.40. The zero-order chi connectivity index (χ0) is 26.4. The van der Waals surface area contributed by atoms with E-state index in [2.05, 4.69) is 0 Å². The number of hydrogen-bond acceptors (Lipinski definition) is 6. The maximum absolute atomic E-state index is 13.8. The van der Waals surface area contributed by atoms with Crippen molar-refractivity contribution in [1.29, 1.82) is 0 Å². The molecular formula is C27H22FN3O5S. The number of Topliss-reactive ketones (excluding diaryl/α,β-unsaturated/α-hetero) is 2. The number of fused-ring (bicyclic) bond motifs is 3. The summed E-state index contributed by atoms with van der Waals surface area (Å²) in [5, 5.41) is 0.322. The topological polar surface area (TPSA) is 98.4 Å². The van der Waals surface area contributed by atoms with Crippen LogP contribution in [0.2, 0.25) is 0 Å². The minimum Gasteiger partial charge on any atom is -0.337 e. The van der Waals surface area contributed by atoms with Gasteiger partial charge in [0.1, 0.15) is 10.6 Å². The van der Waals surface area contributed by atoms with Crippen LogP contribution in [-0.4, -0.2) is 38.1 Å². The molecule has 0 fully saturated rings. The highest BCUT2D eigenvalue weighted by Crippen LogP contribution is 2.33. The predicted molar refractivity (Wildman–Crippen MR) is 137 cm³/mol. The van der Waals surface area contributed by atoms with E-state index >= 15 is 0 Å². The average molecular weight is 520 g/mol. The molecular weight excluding hydrogens is 497 g/mol. The number of benzene rings is 2. The maximum atomic E-state index is 13.8. The molecule has 37 heavy (non-hydrogen) atoms. The third-order valence-electron chi connectivity index (χ3n) is 6.55. The molecule has 8 nitrogen and oxygen atoms in total. The van der Waals surface area contributed by atoms with E-state index in [9.17, 15) is 28.4 Å². The van der Waals surface area contributed by atoms with Gasteiger partial charge in [0.2, 0.25) is 5.91 Å². The summed E-state index contributed by atoms with van der Waals surface area (Å²) in [4.78, 5) is 67.4. The van der Waals surface area contributed by atoms with Crippen LogP contribution in [0, 0.1) is 5.82 Å². The van der Waals surface area contributed by atoms with Crippen LogP contribution in [0.15, 0.2) is 58.1 Å². The number of rotatable bonds is 5. The van der Waals surface area contributed by atoms with E-state index in [1.165, 1.54) is 60.1 Å². The van der Waals surface area contributed by atoms with Gasteiger partial charge in [-0.15, -0.1) is 11.3 Å². The first-order chi connectivity index (χ1) is 17.7. The van der Waals surface area contributed by atoms with Crippen LogP contribution >= 0.6 is 11.3 Å². The van der Waals surface area contributed by atoms with Gasteiger partial charge in [-0.2, -0.15) is 0 Å². The minimum atomic E-state index is -0.726. The van der Waals surface area contributed by atoms with E-state index in [1.54, 1.807) is 23.1 Å². The summed E-state index contributed by atoms with van der Waals surface area (Å²) in [7, 11) is 0. The van der Waals surface area contributed by atoms with Crippen LogP contribution in [0.3, 0.4) is 0 Å². The Bertz CT molecular complexity index is 1720. The zero-order valence-electron chi connectivity index (χ0n) is 20.1. The van der Waals surface area contributed by atoms with Crippen molar-refractivity contribution in [3.05, 3.63) is 96.8 Å². The van der Waals surface area contributed by atoms with Gasteiger partial charge in [-0.05, 0) is 55.3 Å². The SMILES string of the molecule is CC(=O)c1cccc(-n2c(=O)c3c4c(sc3n(CC(=O)c3ccc(F)cc3)c2=O)CN(C(C)=O)CC4)c1. The molecule has 0 bridgehead atoms. The lowest BCUT2D eigenvalue weighted by Gasteiger charge is -2.25. The van der Waals surface area contributed by atoms with Gasteiger partial charge >= 0.3 is 5.69 Å². The van der Waals surface area contributed by atoms with Crippen molar-refractivity contribution in [3.8, 4) is 5.69 Å². The number of amides is 1. The molecule has 0 atom stereocenters. The molecule has 5 rings (SSSR count). The van der Waals surface area contributed by atoms with E-state index < -0.39 is 22.8 Å². The molecule has 0 unspecified atom stereocenters. The molecule has 2 aromatic heterocycles. The molecule has 0 saturated heterocycles.